The average Bonchev–Trinajstić information content (AvgIpc) is 2.56. The third-order valence-corrected chi connectivity index (χ3v) is 4.51. The van der Waals surface area contributed by atoms with E-state index in [-0.39, 0.29) is 5.91 Å². The van der Waals surface area contributed by atoms with E-state index >= 15 is 0 Å². The van der Waals surface area contributed by atoms with E-state index in [4.69, 9.17) is 5.73 Å². The highest BCUT2D eigenvalue weighted by molar-refractivity contribution is 5.94. The number of hydrogen-bond donors (Lipinski definition) is 2. The van der Waals surface area contributed by atoms with Gasteiger partial charge in [0.25, 0.3) is 5.91 Å². The number of amides is 1. The zero-order valence-corrected chi connectivity index (χ0v) is 13.7. The van der Waals surface area contributed by atoms with Crippen LogP contribution >= 0.6 is 0 Å². The van der Waals surface area contributed by atoms with Crippen LogP contribution in [-0.4, -0.2) is 37.0 Å². The van der Waals surface area contributed by atoms with Crippen molar-refractivity contribution < 1.29 is 4.79 Å². The van der Waals surface area contributed by atoms with E-state index in [1.165, 1.54) is 25.9 Å². The number of nitrogens with two attached hydrogens (primary N) is 1. The van der Waals surface area contributed by atoms with Crippen LogP contribution in [0.3, 0.4) is 0 Å². The van der Waals surface area contributed by atoms with Gasteiger partial charge in [-0.3, -0.25) is 4.79 Å². The molecule has 4 heteroatoms. The molecule has 1 aliphatic rings. The fraction of sp³-hybridized carbons (Fsp3) is 0.611. The second-order valence-electron chi connectivity index (χ2n) is 6.39. The Hall–Kier alpha value is -1.39. The maximum atomic E-state index is 12.0. The van der Waals surface area contributed by atoms with Crippen LogP contribution in [0, 0.1) is 5.92 Å². The van der Waals surface area contributed by atoms with E-state index in [9.17, 15) is 4.79 Å². The Morgan fingerprint density at radius 3 is 2.55 bits per heavy atom. The van der Waals surface area contributed by atoms with Gasteiger partial charge in [0.1, 0.15) is 0 Å². The Labute approximate surface area is 134 Å². The molecule has 4 nitrogen and oxygen atoms in total. The molecule has 1 aromatic carbocycles. The second-order valence-corrected chi connectivity index (χ2v) is 6.39. The van der Waals surface area contributed by atoms with Crippen LogP contribution in [0.15, 0.2) is 24.3 Å². The minimum Gasteiger partial charge on any atom is -0.352 e. The lowest BCUT2D eigenvalue weighted by molar-refractivity contribution is 0.0952. The molecule has 1 aromatic rings. The molecule has 0 bridgehead atoms. The number of benzene rings is 1. The van der Waals surface area contributed by atoms with E-state index in [2.05, 4.69) is 17.1 Å². The fourth-order valence-electron chi connectivity index (χ4n) is 2.84. The van der Waals surface area contributed by atoms with Crippen LogP contribution in [0.5, 0.6) is 0 Å². The molecular weight excluding hydrogens is 274 g/mol. The van der Waals surface area contributed by atoms with Crippen LogP contribution < -0.4 is 11.1 Å². The van der Waals surface area contributed by atoms with E-state index in [0.29, 0.717) is 12.1 Å². The minimum absolute atomic E-state index is 0.00960. The van der Waals surface area contributed by atoms with E-state index in [1.807, 2.05) is 24.3 Å². The maximum absolute atomic E-state index is 12.0. The predicted octanol–water partition coefficient (Wildman–Crippen LogP) is 2.39. The number of unbranched alkanes of at least 4 members (excludes halogenated alkanes) is 1. The summed E-state index contributed by atoms with van der Waals surface area (Å²) in [7, 11) is 0. The van der Waals surface area contributed by atoms with Crippen LogP contribution in [-0.2, 0) is 6.54 Å². The molecule has 1 fully saturated rings. The molecule has 0 radical (unpaired) electrons. The van der Waals surface area contributed by atoms with E-state index < -0.39 is 0 Å². The number of rotatable bonds is 7. The molecule has 0 aromatic heterocycles. The third kappa shape index (κ3) is 5.43. The van der Waals surface area contributed by atoms with Gasteiger partial charge in [-0.25, -0.2) is 0 Å². The van der Waals surface area contributed by atoms with E-state index in [0.717, 1.165) is 37.4 Å². The van der Waals surface area contributed by atoms with Crippen molar-refractivity contribution in [3.8, 4) is 0 Å². The number of nitrogens with one attached hydrogen (secondary N) is 1. The Kier molecular flexibility index (Phi) is 6.87. The zero-order chi connectivity index (χ0) is 15.8. The number of likely N-dealkylation sites (tertiary alicyclic amines) is 1. The molecule has 0 atom stereocenters. The van der Waals surface area contributed by atoms with Gasteiger partial charge in [0, 0.05) is 18.7 Å². The molecule has 0 aliphatic carbocycles. The monoisotopic (exact) mass is 303 g/mol. The van der Waals surface area contributed by atoms with Crippen molar-refractivity contribution in [2.75, 3.05) is 26.2 Å². The van der Waals surface area contributed by atoms with Crippen molar-refractivity contribution in [2.45, 2.75) is 39.2 Å². The van der Waals surface area contributed by atoms with Gasteiger partial charge in [-0.15, -0.1) is 0 Å². The molecular formula is C18H29N3O. The van der Waals surface area contributed by atoms with Crippen LogP contribution in [0.4, 0.5) is 0 Å². The van der Waals surface area contributed by atoms with Crippen molar-refractivity contribution in [1.82, 2.24) is 10.2 Å². The Balaban J connectivity index is 1.58. The summed E-state index contributed by atoms with van der Waals surface area (Å²) in [6, 6.07) is 7.50. The lowest BCUT2D eigenvalue weighted by Gasteiger charge is -2.30. The molecule has 2 rings (SSSR count). The summed E-state index contributed by atoms with van der Waals surface area (Å²) >= 11 is 0. The van der Waals surface area contributed by atoms with Gasteiger partial charge in [0.2, 0.25) is 0 Å². The Morgan fingerprint density at radius 1 is 1.23 bits per heavy atom. The quantitative estimate of drug-likeness (QED) is 0.760. The fourth-order valence-corrected chi connectivity index (χ4v) is 2.84. The topological polar surface area (TPSA) is 58.4 Å². The summed E-state index contributed by atoms with van der Waals surface area (Å²) < 4.78 is 0. The van der Waals surface area contributed by atoms with Crippen LogP contribution in [0.25, 0.3) is 0 Å². The first-order valence-corrected chi connectivity index (χ1v) is 8.48. The highest BCUT2D eigenvalue weighted by Gasteiger charge is 2.14. The van der Waals surface area contributed by atoms with E-state index in [1.54, 1.807) is 0 Å². The van der Waals surface area contributed by atoms with Crippen molar-refractivity contribution in [1.29, 1.82) is 0 Å². The normalized spacial score (nSPS) is 16.6. The van der Waals surface area contributed by atoms with Crippen molar-refractivity contribution in [2.24, 2.45) is 11.7 Å². The largest absolute Gasteiger partial charge is 0.352 e. The highest BCUT2D eigenvalue weighted by atomic mass is 16.1. The van der Waals surface area contributed by atoms with Crippen molar-refractivity contribution in [3.63, 3.8) is 0 Å². The van der Waals surface area contributed by atoms with Gasteiger partial charge in [-0.05, 0) is 68.9 Å². The molecule has 1 heterocycles. The number of carbonyl (C=O) groups is 1. The van der Waals surface area contributed by atoms with Crippen LogP contribution in [0.2, 0.25) is 0 Å². The molecule has 0 saturated carbocycles. The smallest absolute Gasteiger partial charge is 0.251 e. The van der Waals surface area contributed by atoms with Crippen molar-refractivity contribution >= 4 is 5.91 Å². The minimum atomic E-state index is 0.00960. The van der Waals surface area contributed by atoms with Gasteiger partial charge < -0.3 is 16.0 Å². The SMILES string of the molecule is CC1CCN(CCCCNC(=O)c2ccc(CN)cc2)CC1. The summed E-state index contributed by atoms with van der Waals surface area (Å²) in [5.41, 5.74) is 7.31. The number of hydrogen-bond acceptors (Lipinski definition) is 3. The maximum Gasteiger partial charge on any atom is 0.251 e. The average molecular weight is 303 g/mol. The molecule has 0 spiro atoms. The molecule has 0 unspecified atom stereocenters. The summed E-state index contributed by atoms with van der Waals surface area (Å²) in [5.74, 6) is 0.900. The van der Waals surface area contributed by atoms with Gasteiger partial charge in [-0.1, -0.05) is 19.1 Å². The molecule has 1 saturated heterocycles. The summed E-state index contributed by atoms with van der Waals surface area (Å²) in [5, 5.41) is 2.99. The highest BCUT2D eigenvalue weighted by Crippen LogP contribution is 2.16. The van der Waals surface area contributed by atoms with Gasteiger partial charge in [-0.2, -0.15) is 0 Å². The first kappa shape index (κ1) is 17.0. The molecule has 122 valence electrons. The van der Waals surface area contributed by atoms with Crippen molar-refractivity contribution in [3.05, 3.63) is 35.4 Å². The van der Waals surface area contributed by atoms with Crippen LogP contribution in [0.1, 0.15) is 48.5 Å². The molecule has 22 heavy (non-hydrogen) atoms. The van der Waals surface area contributed by atoms with Gasteiger partial charge >= 0.3 is 0 Å². The first-order chi connectivity index (χ1) is 10.7. The lowest BCUT2D eigenvalue weighted by Crippen LogP contribution is -2.34. The molecule has 1 aliphatic heterocycles. The standard InChI is InChI=1S/C18H29N3O/c1-15-8-12-21(13-9-15)11-3-2-10-20-18(22)17-6-4-16(14-19)5-7-17/h4-7,15H,2-3,8-14,19H2,1H3,(H,20,22). The molecule has 1 amide bonds. The number of piperidine rings is 1. The number of carbonyl (C=O) groups excluding carboxylic acids is 1. The molecule has 3 N–H and O–H groups in total. The Bertz CT molecular complexity index is 450. The predicted molar refractivity (Wildman–Crippen MR) is 90.7 cm³/mol. The van der Waals surface area contributed by atoms with Gasteiger partial charge in [0.15, 0.2) is 0 Å². The summed E-state index contributed by atoms with van der Waals surface area (Å²) in [6.45, 7) is 7.24. The summed E-state index contributed by atoms with van der Waals surface area (Å²) in [6.07, 6.45) is 4.85. The third-order valence-electron chi connectivity index (χ3n) is 4.51. The zero-order valence-electron chi connectivity index (χ0n) is 13.7. The summed E-state index contributed by atoms with van der Waals surface area (Å²) in [4.78, 5) is 14.5. The second kappa shape index (κ2) is 8.91. The Morgan fingerprint density at radius 2 is 1.91 bits per heavy atom. The number of nitrogens with zero attached hydrogens (tertiary/aromatic N) is 1. The first-order valence-electron chi connectivity index (χ1n) is 8.48. The van der Waals surface area contributed by atoms with Gasteiger partial charge in [0.05, 0.1) is 0 Å². The lowest BCUT2D eigenvalue weighted by atomic mass is 9.99.